The molecule has 1 rings (SSSR count). The highest BCUT2D eigenvalue weighted by Gasteiger charge is 2.26. The van der Waals surface area contributed by atoms with Gasteiger partial charge in [-0.25, -0.2) is 0 Å². The van der Waals surface area contributed by atoms with E-state index in [1.807, 2.05) is 6.07 Å². The van der Waals surface area contributed by atoms with Crippen molar-refractivity contribution in [3.8, 4) is 6.07 Å². The Kier molecular flexibility index (Phi) is 4.19. The van der Waals surface area contributed by atoms with Crippen LogP contribution in [0.25, 0.3) is 0 Å². The van der Waals surface area contributed by atoms with Crippen LogP contribution in [-0.2, 0) is 0 Å². The molecule has 1 saturated carbocycles. The minimum Gasteiger partial charge on any atom is -0.193 e. The number of hydrogen-bond donors (Lipinski definition) is 0. The molecule has 84 valence electrons. The predicted molar refractivity (Wildman–Crippen MR) is 51.0 cm³/mol. The molecule has 1 aliphatic carbocycles. The fourth-order valence-corrected chi connectivity index (χ4v) is 1.88. The Labute approximate surface area is 87.6 Å². The lowest BCUT2D eigenvalue weighted by atomic mass is 10.0. The van der Waals surface area contributed by atoms with E-state index in [1.54, 1.807) is 0 Å². The SMILES string of the molecule is N#CC(CCCC(F)(F)F)=C1CCCC1. The van der Waals surface area contributed by atoms with Crippen LogP contribution in [0.4, 0.5) is 13.2 Å². The molecule has 0 unspecified atom stereocenters. The summed E-state index contributed by atoms with van der Waals surface area (Å²) >= 11 is 0. The third-order valence-corrected chi connectivity index (χ3v) is 2.66. The first-order chi connectivity index (χ1) is 7.03. The van der Waals surface area contributed by atoms with E-state index in [2.05, 4.69) is 0 Å². The third-order valence-electron chi connectivity index (χ3n) is 2.66. The van der Waals surface area contributed by atoms with E-state index < -0.39 is 12.6 Å². The summed E-state index contributed by atoms with van der Waals surface area (Å²) in [6.07, 6.45) is -0.628. The van der Waals surface area contributed by atoms with Crippen LogP contribution in [-0.4, -0.2) is 6.18 Å². The van der Waals surface area contributed by atoms with Crippen molar-refractivity contribution in [3.05, 3.63) is 11.1 Å². The number of hydrogen-bond acceptors (Lipinski definition) is 1. The van der Waals surface area contributed by atoms with E-state index in [-0.39, 0.29) is 12.8 Å². The molecule has 0 radical (unpaired) electrons. The zero-order valence-corrected chi connectivity index (χ0v) is 8.53. The Bertz CT molecular complexity index is 275. The fraction of sp³-hybridized carbons (Fsp3) is 0.727. The summed E-state index contributed by atoms with van der Waals surface area (Å²) in [7, 11) is 0. The molecule has 0 aromatic heterocycles. The van der Waals surface area contributed by atoms with Gasteiger partial charge in [-0.05, 0) is 38.5 Å². The molecule has 0 N–H and O–H groups in total. The van der Waals surface area contributed by atoms with Crippen LogP contribution >= 0.6 is 0 Å². The molecule has 1 fully saturated rings. The predicted octanol–water partition coefficient (Wildman–Crippen LogP) is 4.11. The molecule has 4 heteroatoms. The van der Waals surface area contributed by atoms with Crippen molar-refractivity contribution in [2.24, 2.45) is 0 Å². The van der Waals surface area contributed by atoms with Crippen molar-refractivity contribution < 1.29 is 13.2 Å². The molecule has 0 atom stereocenters. The maximum atomic E-state index is 11.9. The topological polar surface area (TPSA) is 23.8 Å². The minimum absolute atomic E-state index is 0.0376. The summed E-state index contributed by atoms with van der Waals surface area (Å²) in [5, 5.41) is 8.83. The Morgan fingerprint density at radius 2 is 1.87 bits per heavy atom. The average molecular weight is 217 g/mol. The summed E-state index contributed by atoms with van der Waals surface area (Å²) in [6, 6.07) is 2.04. The summed E-state index contributed by atoms with van der Waals surface area (Å²) < 4.78 is 35.7. The van der Waals surface area contributed by atoms with Gasteiger partial charge in [-0.15, -0.1) is 0 Å². The molecule has 0 spiro atoms. The van der Waals surface area contributed by atoms with Gasteiger partial charge < -0.3 is 0 Å². The van der Waals surface area contributed by atoms with Gasteiger partial charge in [-0.3, -0.25) is 0 Å². The zero-order valence-electron chi connectivity index (χ0n) is 8.53. The first-order valence-electron chi connectivity index (χ1n) is 5.20. The first-order valence-corrected chi connectivity index (χ1v) is 5.20. The first kappa shape index (κ1) is 12.1. The maximum Gasteiger partial charge on any atom is 0.389 e. The molecule has 15 heavy (non-hydrogen) atoms. The van der Waals surface area contributed by atoms with Crippen LogP contribution < -0.4 is 0 Å². The van der Waals surface area contributed by atoms with E-state index in [1.165, 1.54) is 0 Å². The highest BCUT2D eigenvalue weighted by molar-refractivity contribution is 5.29. The van der Waals surface area contributed by atoms with Gasteiger partial charge in [0.1, 0.15) is 0 Å². The van der Waals surface area contributed by atoms with Crippen molar-refractivity contribution in [2.75, 3.05) is 0 Å². The lowest BCUT2D eigenvalue weighted by molar-refractivity contribution is -0.135. The van der Waals surface area contributed by atoms with Crippen LogP contribution in [0.15, 0.2) is 11.1 Å². The van der Waals surface area contributed by atoms with Crippen molar-refractivity contribution in [1.82, 2.24) is 0 Å². The third kappa shape index (κ3) is 4.37. The molecule has 0 aliphatic heterocycles. The average Bonchev–Trinajstić information content (AvgIpc) is 2.63. The number of nitriles is 1. The monoisotopic (exact) mass is 217 g/mol. The van der Waals surface area contributed by atoms with E-state index in [9.17, 15) is 13.2 Å². The number of nitrogens with zero attached hydrogens (tertiary/aromatic N) is 1. The highest BCUT2D eigenvalue weighted by Crippen LogP contribution is 2.30. The smallest absolute Gasteiger partial charge is 0.193 e. The normalized spacial score (nSPS) is 16.5. The van der Waals surface area contributed by atoms with Crippen molar-refractivity contribution in [3.63, 3.8) is 0 Å². The molecular weight excluding hydrogens is 203 g/mol. The summed E-state index contributed by atoms with van der Waals surface area (Å²) in [5.41, 5.74) is 1.68. The van der Waals surface area contributed by atoms with Crippen LogP contribution in [0, 0.1) is 11.3 Å². The molecule has 0 bridgehead atoms. The number of halogens is 3. The summed E-state index contributed by atoms with van der Waals surface area (Å²) in [5.74, 6) is 0. The fourth-order valence-electron chi connectivity index (χ4n) is 1.88. The Morgan fingerprint density at radius 3 is 2.33 bits per heavy atom. The van der Waals surface area contributed by atoms with Gasteiger partial charge in [0, 0.05) is 12.0 Å². The minimum atomic E-state index is -4.10. The molecule has 0 heterocycles. The van der Waals surface area contributed by atoms with Crippen LogP contribution in [0.2, 0.25) is 0 Å². The second-order valence-corrected chi connectivity index (χ2v) is 3.87. The lowest BCUT2D eigenvalue weighted by Crippen LogP contribution is -2.06. The number of alkyl halides is 3. The highest BCUT2D eigenvalue weighted by atomic mass is 19.4. The standard InChI is InChI=1S/C11H14F3N/c12-11(13,14)7-3-6-10(8-15)9-4-1-2-5-9/h1-7H2. The quantitative estimate of drug-likeness (QED) is 0.652. The molecule has 1 nitrogen and oxygen atoms in total. The van der Waals surface area contributed by atoms with E-state index >= 15 is 0 Å². The number of allylic oxidation sites excluding steroid dienone is 2. The van der Waals surface area contributed by atoms with Gasteiger partial charge in [0.2, 0.25) is 0 Å². The van der Waals surface area contributed by atoms with Crippen LogP contribution in [0.5, 0.6) is 0 Å². The van der Waals surface area contributed by atoms with Crippen molar-refractivity contribution in [2.45, 2.75) is 51.1 Å². The molecule has 0 aromatic carbocycles. The summed E-state index contributed by atoms with van der Waals surface area (Å²) in [6.45, 7) is 0. The molecule has 0 amide bonds. The van der Waals surface area contributed by atoms with Gasteiger partial charge in [-0.2, -0.15) is 18.4 Å². The number of rotatable bonds is 3. The van der Waals surface area contributed by atoms with E-state index in [4.69, 9.17) is 5.26 Å². The summed E-state index contributed by atoms with van der Waals surface area (Å²) in [4.78, 5) is 0. The van der Waals surface area contributed by atoms with Gasteiger partial charge in [-0.1, -0.05) is 5.57 Å². The van der Waals surface area contributed by atoms with E-state index in [0.29, 0.717) is 5.57 Å². The Hall–Kier alpha value is -0.980. The molecule has 0 saturated heterocycles. The molecule has 1 aliphatic rings. The van der Waals surface area contributed by atoms with Gasteiger partial charge >= 0.3 is 6.18 Å². The van der Waals surface area contributed by atoms with E-state index in [0.717, 1.165) is 31.3 Å². The molecule has 0 aromatic rings. The van der Waals surface area contributed by atoms with Gasteiger partial charge in [0.05, 0.1) is 6.07 Å². The molecular formula is C11H14F3N. The van der Waals surface area contributed by atoms with Crippen LogP contribution in [0.1, 0.15) is 44.9 Å². The zero-order chi connectivity index (χ0) is 11.3. The lowest BCUT2D eigenvalue weighted by Gasteiger charge is -2.06. The second kappa shape index (κ2) is 5.20. The Balaban J connectivity index is 2.42. The van der Waals surface area contributed by atoms with Gasteiger partial charge in [0.25, 0.3) is 0 Å². The largest absolute Gasteiger partial charge is 0.389 e. The second-order valence-electron chi connectivity index (χ2n) is 3.87. The van der Waals surface area contributed by atoms with Crippen molar-refractivity contribution in [1.29, 1.82) is 5.26 Å². The van der Waals surface area contributed by atoms with Crippen LogP contribution in [0.3, 0.4) is 0 Å². The van der Waals surface area contributed by atoms with Crippen molar-refractivity contribution >= 4 is 0 Å². The Morgan fingerprint density at radius 1 is 1.27 bits per heavy atom. The maximum absolute atomic E-state index is 11.9. The van der Waals surface area contributed by atoms with Gasteiger partial charge in [0.15, 0.2) is 0 Å².